The van der Waals surface area contributed by atoms with Crippen LogP contribution in [0.1, 0.15) is 87.3 Å². The van der Waals surface area contributed by atoms with Gasteiger partial charge < -0.3 is 9.84 Å². The van der Waals surface area contributed by atoms with Gasteiger partial charge in [0.2, 0.25) is 0 Å². The molecule has 21 heavy (non-hydrogen) atoms. The van der Waals surface area contributed by atoms with Gasteiger partial charge in [-0.3, -0.25) is 0 Å². The van der Waals surface area contributed by atoms with Gasteiger partial charge in [0.25, 0.3) is 0 Å². The molecule has 2 bridgehead atoms. The molecule has 2 heteroatoms. The lowest BCUT2D eigenvalue weighted by Gasteiger charge is -2.38. The third-order valence-electron chi connectivity index (χ3n) is 5.99. The van der Waals surface area contributed by atoms with Crippen molar-refractivity contribution in [1.29, 1.82) is 0 Å². The van der Waals surface area contributed by atoms with Crippen LogP contribution in [0.2, 0.25) is 0 Å². The molecule has 2 nitrogen and oxygen atoms in total. The summed E-state index contributed by atoms with van der Waals surface area (Å²) in [4.78, 5) is 0. The number of hydrogen-bond donors (Lipinski definition) is 1. The number of ether oxygens (including phenoxy) is 1. The summed E-state index contributed by atoms with van der Waals surface area (Å²) < 4.78 is 6.56. The monoisotopic (exact) mass is 286 g/mol. The molecule has 3 atom stereocenters. The number of rotatable bonds is 3. The zero-order valence-electron chi connectivity index (χ0n) is 13.2. The topological polar surface area (TPSA) is 29.5 Å². The number of phenolic OH excluding ortho intramolecular Hbond substituents is 1. The minimum atomic E-state index is -0.00438. The van der Waals surface area contributed by atoms with E-state index in [2.05, 4.69) is 13.8 Å². The van der Waals surface area contributed by atoms with E-state index in [0.717, 1.165) is 25.0 Å². The fourth-order valence-corrected chi connectivity index (χ4v) is 4.81. The number of unbranched alkanes of at least 4 members (excludes halogenated alkanes) is 1. The molecule has 0 radical (unpaired) electrons. The maximum absolute atomic E-state index is 10.4. The van der Waals surface area contributed by atoms with E-state index >= 15 is 0 Å². The van der Waals surface area contributed by atoms with Crippen LogP contribution in [-0.2, 0) is 6.42 Å². The number of benzene rings is 1. The Labute approximate surface area is 127 Å². The van der Waals surface area contributed by atoms with E-state index in [1.54, 1.807) is 0 Å². The Bertz CT molecular complexity index is 577. The quantitative estimate of drug-likeness (QED) is 0.844. The van der Waals surface area contributed by atoms with Gasteiger partial charge >= 0.3 is 0 Å². The van der Waals surface area contributed by atoms with Crippen molar-refractivity contribution in [3.05, 3.63) is 22.8 Å². The van der Waals surface area contributed by atoms with Gasteiger partial charge in [0.05, 0.1) is 0 Å². The first-order valence-electron chi connectivity index (χ1n) is 8.69. The second kappa shape index (κ2) is 4.66. The highest BCUT2D eigenvalue weighted by atomic mass is 16.5. The highest BCUT2D eigenvalue weighted by molar-refractivity contribution is 5.60. The van der Waals surface area contributed by atoms with E-state index in [-0.39, 0.29) is 5.60 Å². The number of phenols is 1. The molecule has 114 valence electrons. The van der Waals surface area contributed by atoms with Gasteiger partial charge in [-0.05, 0) is 75.3 Å². The van der Waals surface area contributed by atoms with Crippen LogP contribution in [0.15, 0.2) is 6.07 Å². The molecule has 2 aliphatic carbocycles. The van der Waals surface area contributed by atoms with Crippen molar-refractivity contribution < 1.29 is 9.84 Å². The van der Waals surface area contributed by atoms with E-state index in [4.69, 9.17) is 4.74 Å². The summed E-state index contributed by atoms with van der Waals surface area (Å²) in [5.74, 6) is 2.92. The third kappa shape index (κ3) is 1.98. The molecule has 1 aliphatic heterocycles. The highest BCUT2D eigenvalue weighted by Gasteiger charge is 2.44. The zero-order chi connectivity index (χ0) is 14.6. The average molecular weight is 286 g/mol. The minimum absolute atomic E-state index is 0.00438. The van der Waals surface area contributed by atoms with Gasteiger partial charge in [-0.25, -0.2) is 0 Å². The molecule has 0 spiro atoms. The molecule has 1 aromatic rings. The lowest BCUT2D eigenvalue weighted by atomic mass is 9.83. The third-order valence-corrected chi connectivity index (χ3v) is 5.99. The van der Waals surface area contributed by atoms with Crippen molar-refractivity contribution in [2.45, 2.75) is 82.7 Å². The Morgan fingerprint density at radius 2 is 2.05 bits per heavy atom. The molecule has 0 aromatic heterocycles. The van der Waals surface area contributed by atoms with Crippen molar-refractivity contribution in [3.8, 4) is 11.5 Å². The summed E-state index contributed by atoms with van der Waals surface area (Å²) in [6.07, 6.45) is 9.49. The number of fused-ring (bicyclic) bond motifs is 7. The zero-order valence-corrected chi connectivity index (χ0v) is 13.2. The maximum atomic E-state index is 10.4. The fourth-order valence-electron chi connectivity index (χ4n) is 4.81. The molecule has 0 unspecified atom stereocenters. The van der Waals surface area contributed by atoms with Gasteiger partial charge in [-0.2, -0.15) is 0 Å². The van der Waals surface area contributed by atoms with Gasteiger partial charge in [0.1, 0.15) is 17.1 Å². The van der Waals surface area contributed by atoms with Crippen LogP contribution in [0.5, 0.6) is 11.5 Å². The smallest absolute Gasteiger partial charge is 0.127 e. The van der Waals surface area contributed by atoms with Crippen LogP contribution in [0.4, 0.5) is 0 Å². The standard InChI is InChI=1S/C19H26O2/c1-3-4-8-19(2)9-7-14-11-15(20)16-12-5-6-13(10-12)17(16)18(14)21-19/h11-13,20H,3-10H2,1-2H3/t12-,13+,19+/m1/s1. The van der Waals surface area contributed by atoms with E-state index in [1.807, 2.05) is 6.07 Å². The average Bonchev–Trinajstić information content (AvgIpc) is 3.08. The predicted octanol–water partition coefficient (Wildman–Crippen LogP) is 5.03. The summed E-state index contributed by atoms with van der Waals surface area (Å²) >= 11 is 0. The van der Waals surface area contributed by atoms with Crippen molar-refractivity contribution >= 4 is 0 Å². The fraction of sp³-hybridized carbons (Fsp3) is 0.684. The lowest BCUT2D eigenvalue weighted by molar-refractivity contribution is 0.0522. The molecule has 3 aliphatic rings. The molecule has 1 saturated carbocycles. The molecule has 4 rings (SSSR count). The number of hydrogen-bond acceptors (Lipinski definition) is 2. The highest BCUT2D eigenvalue weighted by Crippen LogP contribution is 2.60. The maximum Gasteiger partial charge on any atom is 0.127 e. The molecular weight excluding hydrogens is 260 g/mol. The lowest BCUT2D eigenvalue weighted by Crippen LogP contribution is -2.37. The van der Waals surface area contributed by atoms with Crippen LogP contribution < -0.4 is 4.74 Å². The Balaban J connectivity index is 1.75. The molecular formula is C19H26O2. The Kier molecular flexibility index (Phi) is 2.99. The Morgan fingerprint density at radius 3 is 2.81 bits per heavy atom. The normalized spacial score (nSPS) is 32.7. The summed E-state index contributed by atoms with van der Waals surface area (Å²) in [6, 6.07) is 1.99. The van der Waals surface area contributed by atoms with Gasteiger partial charge in [-0.15, -0.1) is 0 Å². The van der Waals surface area contributed by atoms with Crippen molar-refractivity contribution in [3.63, 3.8) is 0 Å². The number of aryl methyl sites for hydroxylation is 1. The second-order valence-corrected chi connectivity index (χ2v) is 7.57. The van der Waals surface area contributed by atoms with Gasteiger partial charge in [0.15, 0.2) is 0 Å². The summed E-state index contributed by atoms with van der Waals surface area (Å²) in [7, 11) is 0. The minimum Gasteiger partial charge on any atom is -0.508 e. The molecule has 1 fully saturated rings. The molecule has 1 heterocycles. The Hall–Kier alpha value is -1.18. The van der Waals surface area contributed by atoms with Crippen LogP contribution >= 0.6 is 0 Å². The first-order valence-corrected chi connectivity index (χ1v) is 8.69. The SMILES string of the molecule is CCCC[C@@]1(C)CCc2cc(O)c3c(c2O1)[C@H]1CC[C@@H]3C1. The van der Waals surface area contributed by atoms with E-state index in [9.17, 15) is 5.11 Å². The first kappa shape index (κ1) is 13.5. The van der Waals surface area contributed by atoms with Crippen LogP contribution in [0.3, 0.4) is 0 Å². The predicted molar refractivity (Wildman–Crippen MR) is 84.3 cm³/mol. The largest absolute Gasteiger partial charge is 0.508 e. The number of aromatic hydroxyl groups is 1. The summed E-state index contributed by atoms with van der Waals surface area (Å²) in [5, 5.41) is 10.4. The van der Waals surface area contributed by atoms with Crippen LogP contribution in [-0.4, -0.2) is 10.7 Å². The summed E-state index contributed by atoms with van der Waals surface area (Å²) in [5.41, 5.74) is 3.84. The molecule has 0 saturated heterocycles. The van der Waals surface area contributed by atoms with Crippen LogP contribution in [0, 0.1) is 0 Å². The first-order chi connectivity index (χ1) is 10.1. The molecule has 1 aromatic carbocycles. The molecule has 0 amide bonds. The van der Waals surface area contributed by atoms with Crippen molar-refractivity contribution in [2.24, 2.45) is 0 Å². The van der Waals surface area contributed by atoms with Crippen molar-refractivity contribution in [1.82, 2.24) is 0 Å². The van der Waals surface area contributed by atoms with Gasteiger partial charge in [0, 0.05) is 11.1 Å². The van der Waals surface area contributed by atoms with E-state index < -0.39 is 0 Å². The summed E-state index contributed by atoms with van der Waals surface area (Å²) in [6.45, 7) is 4.52. The second-order valence-electron chi connectivity index (χ2n) is 7.57. The molecule has 1 N–H and O–H groups in total. The van der Waals surface area contributed by atoms with Crippen LogP contribution in [0.25, 0.3) is 0 Å². The Morgan fingerprint density at radius 1 is 1.29 bits per heavy atom. The van der Waals surface area contributed by atoms with E-state index in [0.29, 0.717) is 17.6 Å². The van der Waals surface area contributed by atoms with E-state index in [1.165, 1.54) is 48.8 Å². The van der Waals surface area contributed by atoms with Gasteiger partial charge in [-0.1, -0.05) is 13.3 Å². The van der Waals surface area contributed by atoms with Crippen molar-refractivity contribution in [2.75, 3.05) is 0 Å².